The molecule has 29 heavy (non-hydrogen) atoms. The van der Waals surface area contributed by atoms with Crippen molar-refractivity contribution in [3.05, 3.63) is 35.4 Å². The Morgan fingerprint density at radius 2 is 1.48 bits per heavy atom. The van der Waals surface area contributed by atoms with Gasteiger partial charge in [0, 0.05) is 18.0 Å². The molecule has 0 unspecified atom stereocenters. The Hall–Kier alpha value is -1.88. The van der Waals surface area contributed by atoms with Crippen molar-refractivity contribution in [1.82, 2.24) is 5.32 Å². The van der Waals surface area contributed by atoms with E-state index >= 15 is 0 Å². The Morgan fingerprint density at radius 3 is 2.00 bits per heavy atom. The summed E-state index contributed by atoms with van der Waals surface area (Å²) in [6.45, 7) is 2.77. The summed E-state index contributed by atoms with van der Waals surface area (Å²) in [6, 6.07) is 7.21. The highest BCUT2D eigenvalue weighted by molar-refractivity contribution is 5.94. The van der Waals surface area contributed by atoms with Crippen LogP contribution in [-0.2, 0) is 11.2 Å². The van der Waals surface area contributed by atoms with Gasteiger partial charge in [-0.15, -0.1) is 0 Å². The lowest BCUT2D eigenvalue weighted by Crippen LogP contribution is -2.50. The smallest absolute Gasteiger partial charge is 0.251 e. The van der Waals surface area contributed by atoms with Crippen LogP contribution in [0, 0.1) is 0 Å². The first kappa shape index (κ1) is 25.2. The van der Waals surface area contributed by atoms with Crippen LogP contribution in [0.1, 0.15) is 80.6 Å². The van der Waals surface area contributed by atoms with Crippen LogP contribution >= 0.6 is 0 Å². The lowest BCUT2D eigenvalue weighted by Gasteiger charge is -2.30. The van der Waals surface area contributed by atoms with Crippen molar-refractivity contribution in [2.75, 3.05) is 27.7 Å². The zero-order valence-corrected chi connectivity index (χ0v) is 18.8. The number of carbonyl (C=O) groups excluding carboxylic acids is 2. The summed E-state index contributed by atoms with van der Waals surface area (Å²) in [7, 11) is 5.90. The molecule has 0 aliphatic heterocycles. The van der Waals surface area contributed by atoms with Crippen LogP contribution in [0.2, 0.25) is 0 Å². The molecule has 5 nitrogen and oxygen atoms in total. The van der Waals surface area contributed by atoms with E-state index < -0.39 is 12.0 Å². The molecule has 0 heterocycles. The molecule has 164 valence electrons. The molecule has 1 aromatic carbocycles. The third kappa shape index (κ3) is 12.3. The molecule has 1 atom stereocenters. The Bertz CT molecular complexity index is 606. The van der Waals surface area contributed by atoms with Crippen LogP contribution in [0.4, 0.5) is 0 Å². The molecule has 1 amide bonds. The topological polar surface area (TPSA) is 69.2 Å². The summed E-state index contributed by atoms with van der Waals surface area (Å²) in [4.78, 5) is 23.5. The predicted octanol–water partition coefficient (Wildman–Crippen LogP) is 3.31. The van der Waals surface area contributed by atoms with Gasteiger partial charge in [-0.1, -0.05) is 64.0 Å². The number of hydrogen-bond acceptors (Lipinski definition) is 3. The summed E-state index contributed by atoms with van der Waals surface area (Å²) in [5.74, 6) is -1.38. The fourth-order valence-corrected chi connectivity index (χ4v) is 3.58. The number of carbonyl (C=O) groups is 2. The Labute approximate surface area is 177 Å². The number of aliphatic carboxylic acids is 1. The number of aryl methyl sites for hydroxylation is 1. The molecule has 0 spiro atoms. The molecule has 0 bridgehead atoms. The predicted molar refractivity (Wildman–Crippen MR) is 117 cm³/mol. The van der Waals surface area contributed by atoms with Crippen molar-refractivity contribution < 1.29 is 19.2 Å². The Kier molecular flexibility index (Phi) is 11.6. The van der Waals surface area contributed by atoms with Gasteiger partial charge in [0.2, 0.25) is 0 Å². The first-order valence-corrected chi connectivity index (χ1v) is 11.1. The van der Waals surface area contributed by atoms with E-state index in [2.05, 4.69) is 12.2 Å². The molecule has 0 aliphatic carbocycles. The van der Waals surface area contributed by atoms with Crippen molar-refractivity contribution in [2.24, 2.45) is 0 Å². The van der Waals surface area contributed by atoms with E-state index in [0.717, 1.165) is 6.42 Å². The second kappa shape index (κ2) is 13.4. The number of carboxylic acid groups (broad SMARTS) is 1. The average Bonchev–Trinajstić information content (AvgIpc) is 2.62. The van der Waals surface area contributed by atoms with Gasteiger partial charge < -0.3 is 19.7 Å². The molecule has 0 saturated heterocycles. The quantitative estimate of drug-likeness (QED) is 0.360. The van der Waals surface area contributed by atoms with E-state index in [9.17, 15) is 14.7 Å². The third-order valence-electron chi connectivity index (χ3n) is 5.05. The minimum absolute atomic E-state index is 0.183. The summed E-state index contributed by atoms with van der Waals surface area (Å²) < 4.78 is 0.565. The van der Waals surface area contributed by atoms with E-state index in [1.54, 1.807) is 0 Å². The molecule has 0 saturated carbocycles. The highest BCUT2D eigenvalue weighted by Gasteiger charge is 2.21. The molecule has 5 heteroatoms. The van der Waals surface area contributed by atoms with Gasteiger partial charge in [-0.25, -0.2) is 0 Å². The maximum atomic E-state index is 12.5. The number of quaternary nitrogens is 1. The fourth-order valence-electron chi connectivity index (χ4n) is 3.58. The first-order valence-electron chi connectivity index (χ1n) is 11.1. The van der Waals surface area contributed by atoms with Crippen molar-refractivity contribution in [3.63, 3.8) is 0 Å². The van der Waals surface area contributed by atoms with Crippen LogP contribution in [0.5, 0.6) is 0 Å². The lowest BCUT2D eigenvalue weighted by atomic mass is 10.0. The molecule has 0 fully saturated rings. The van der Waals surface area contributed by atoms with Crippen LogP contribution in [-0.4, -0.2) is 50.1 Å². The molecule has 0 radical (unpaired) electrons. The van der Waals surface area contributed by atoms with E-state index in [4.69, 9.17) is 0 Å². The number of rotatable bonds is 15. The molecular weight excluding hydrogens is 364 g/mol. The van der Waals surface area contributed by atoms with Gasteiger partial charge in [-0.05, 0) is 30.5 Å². The van der Waals surface area contributed by atoms with Gasteiger partial charge in [-0.2, -0.15) is 0 Å². The molecule has 1 rings (SSSR count). The summed E-state index contributed by atoms with van der Waals surface area (Å²) in [5, 5.41) is 13.8. The zero-order chi connectivity index (χ0) is 21.7. The number of amides is 1. The Balaban J connectivity index is 2.42. The Morgan fingerprint density at radius 1 is 0.931 bits per heavy atom. The molecule has 0 aromatic heterocycles. The average molecular weight is 405 g/mol. The molecular formula is C24H40N2O3. The highest BCUT2D eigenvalue weighted by atomic mass is 16.4. The van der Waals surface area contributed by atoms with Crippen molar-refractivity contribution in [2.45, 2.75) is 77.2 Å². The number of hydrogen-bond donors (Lipinski definition) is 1. The fraction of sp³-hybridized carbons (Fsp3) is 0.667. The second-order valence-electron chi connectivity index (χ2n) is 9.14. The van der Waals surface area contributed by atoms with Crippen LogP contribution in [0.15, 0.2) is 24.3 Å². The number of carboxylic acids is 1. The summed E-state index contributed by atoms with van der Waals surface area (Å²) in [6.07, 6.45) is 11.3. The van der Waals surface area contributed by atoms with Crippen molar-refractivity contribution >= 4 is 11.9 Å². The normalized spacial score (nSPS) is 12.6. The van der Waals surface area contributed by atoms with E-state index in [0.29, 0.717) is 16.6 Å². The van der Waals surface area contributed by atoms with Crippen LogP contribution in [0.3, 0.4) is 0 Å². The zero-order valence-electron chi connectivity index (χ0n) is 18.8. The minimum atomic E-state index is -1.15. The van der Waals surface area contributed by atoms with E-state index in [1.165, 1.54) is 56.9 Å². The van der Waals surface area contributed by atoms with Gasteiger partial charge in [0.25, 0.3) is 5.91 Å². The van der Waals surface area contributed by atoms with Crippen molar-refractivity contribution in [1.29, 1.82) is 0 Å². The van der Waals surface area contributed by atoms with Crippen LogP contribution < -0.4 is 10.4 Å². The van der Waals surface area contributed by atoms with Gasteiger partial charge in [0.15, 0.2) is 0 Å². The van der Waals surface area contributed by atoms with E-state index in [1.807, 2.05) is 45.4 Å². The maximum absolute atomic E-state index is 12.5. The standard InChI is InChI=1S/C24H40N2O3/c1-5-6-7-8-9-10-11-12-13-20-14-16-21(17-15-20)24(29)25-22(18-23(27)28)19-26(2,3)4/h14-17,22H,5-13,18-19H2,1-4H3,(H-,25,27,28,29)/t22-/m1/s1. The first-order chi connectivity index (χ1) is 13.7. The van der Waals surface area contributed by atoms with Crippen molar-refractivity contribution in [3.8, 4) is 0 Å². The molecule has 1 N–H and O–H groups in total. The summed E-state index contributed by atoms with van der Waals surface area (Å²) in [5.41, 5.74) is 1.81. The number of likely N-dealkylation sites (N-methyl/N-ethyl adjacent to an activating group) is 1. The van der Waals surface area contributed by atoms with Gasteiger partial charge in [0.1, 0.15) is 0 Å². The number of unbranched alkanes of at least 4 members (excludes halogenated alkanes) is 7. The van der Waals surface area contributed by atoms with Gasteiger partial charge >= 0.3 is 0 Å². The van der Waals surface area contributed by atoms with E-state index in [-0.39, 0.29) is 12.3 Å². The van der Waals surface area contributed by atoms with Gasteiger partial charge in [-0.3, -0.25) is 4.79 Å². The molecule has 1 aromatic rings. The number of benzene rings is 1. The van der Waals surface area contributed by atoms with Gasteiger partial charge in [0.05, 0.1) is 33.7 Å². The van der Waals surface area contributed by atoms with Crippen LogP contribution in [0.25, 0.3) is 0 Å². The number of nitrogens with zero attached hydrogens (tertiary/aromatic N) is 1. The largest absolute Gasteiger partial charge is 0.550 e. The summed E-state index contributed by atoms with van der Waals surface area (Å²) >= 11 is 0. The third-order valence-corrected chi connectivity index (χ3v) is 5.05. The monoisotopic (exact) mass is 404 g/mol. The number of nitrogens with one attached hydrogen (secondary N) is 1. The highest BCUT2D eigenvalue weighted by Crippen LogP contribution is 2.12. The molecule has 0 aliphatic rings. The second-order valence-corrected chi connectivity index (χ2v) is 9.14. The maximum Gasteiger partial charge on any atom is 0.251 e. The lowest BCUT2D eigenvalue weighted by molar-refractivity contribution is -0.871. The minimum Gasteiger partial charge on any atom is -0.550 e. The SMILES string of the molecule is CCCCCCCCCCc1ccc(C(=O)N[C@H](CC(=O)[O-])C[N+](C)(C)C)cc1.